The van der Waals surface area contributed by atoms with Gasteiger partial charge in [0.2, 0.25) is 5.91 Å². The van der Waals surface area contributed by atoms with Gasteiger partial charge in [0, 0.05) is 43.3 Å². The van der Waals surface area contributed by atoms with Crippen LogP contribution in [0.3, 0.4) is 0 Å². The molecule has 0 aliphatic rings. The predicted octanol–water partition coefficient (Wildman–Crippen LogP) is 4.26. The molecule has 0 atom stereocenters. The number of benzene rings is 2. The Morgan fingerprint density at radius 2 is 1.94 bits per heavy atom. The zero-order valence-electron chi connectivity index (χ0n) is 18.0. The number of nitrogens with zero attached hydrogens (tertiary/aromatic N) is 2. The van der Waals surface area contributed by atoms with Gasteiger partial charge in [0.05, 0.1) is 17.7 Å². The highest BCUT2D eigenvalue weighted by Crippen LogP contribution is 2.23. The van der Waals surface area contributed by atoms with E-state index in [1.807, 2.05) is 12.1 Å². The van der Waals surface area contributed by atoms with Crippen LogP contribution in [0.4, 0.5) is 0 Å². The summed E-state index contributed by atoms with van der Waals surface area (Å²) in [7, 11) is -1.54. The zero-order chi connectivity index (χ0) is 23.1. The fraction of sp³-hybridized carbons (Fsp3) is 0.304. The highest BCUT2D eigenvalue weighted by Gasteiger charge is 2.13. The first-order valence-electron chi connectivity index (χ1n) is 10.1. The van der Waals surface area contributed by atoms with Crippen molar-refractivity contribution in [2.75, 3.05) is 26.5 Å². The molecule has 0 saturated carbocycles. The molecule has 7 nitrogen and oxygen atoms in total. The quantitative estimate of drug-likeness (QED) is 0.406. The summed E-state index contributed by atoms with van der Waals surface area (Å²) in [6.07, 6.45) is 4.11. The first-order chi connectivity index (χ1) is 15.2. The lowest BCUT2D eigenvalue weighted by Crippen LogP contribution is -2.28. The van der Waals surface area contributed by atoms with E-state index in [-0.39, 0.29) is 17.2 Å². The Bertz CT molecular complexity index is 1160. The molecule has 3 aromatic rings. The van der Waals surface area contributed by atoms with Crippen LogP contribution in [0.1, 0.15) is 18.7 Å². The molecule has 32 heavy (non-hydrogen) atoms. The van der Waals surface area contributed by atoms with Crippen molar-refractivity contribution in [1.29, 1.82) is 0 Å². The number of amides is 1. The highest BCUT2D eigenvalue weighted by atomic mass is 35.5. The molecule has 0 fully saturated rings. The normalized spacial score (nSPS) is 11.3. The Balaban J connectivity index is 1.40. The Kier molecular flexibility index (Phi) is 7.93. The van der Waals surface area contributed by atoms with Crippen LogP contribution >= 0.6 is 11.6 Å². The van der Waals surface area contributed by atoms with Gasteiger partial charge in [-0.15, -0.1) is 0 Å². The molecule has 2 aromatic carbocycles. The van der Waals surface area contributed by atoms with Gasteiger partial charge >= 0.3 is 0 Å². The van der Waals surface area contributed by atoms with Gasteiger partial charge in [0.25, 0.3) is 0 Å². The molecule has 170 valence electrons. The lowest BCUT2D eigenvalue weighted by molar-refractivity contribution is -0.130. The maximum absolute atomic E-state index is 12.4. The molecule has 0 spiro atoms. The van der Waals surface area contributed by atoms with Gasteiger partial charge in [0.1, 0.15) is 5.75 Å². The number of oxazole rings is 1. The summed E-state index contributed by atoms with van der Waals surface area (Å²) >= 11 is 5.90. The number of aromatic nitrogens is 1. The van der Waals surface area contributed by atoms with Crippen LogP contribution in [-0.2, 0) is 21.1 Å². The van der Waals surface area contributed by atoms with E-state index in [0.717, 1.165) is 11.8 Å². The topological polar surface area (TPSA) is 89.7 Å². The molecule has 1 aromatic heterocycles. The summed E-state index contributed by atoms with van der Waals surface area (Å²) in [5.74, 6) is 1.61. The Morgan fingerprint density at radius 3 is 2.66 bits per heavy atom. The van der Waals surface area contributed by atoms with E-state index in [9.17, 15) is 13.2 Å². The van der Waals surface area contributed by atoms with Crippen molar-refractivity contribution >= 4 is 27.3 Å². The molecule has 0 bridgehead atoms. The molecular weight excluding hydrogens is 452 g/mol. The summed E-state index contributed by atoms with van der Waals surface area (Å²) in [4.78, 5) is 18.5. The van der Waals surface area contributed by atoms with Crippen LogP contribution in [0.15, 0.2) is 64.0 Å². The van der Waals surface area contributed by atoms with E-state index < -0.39 is 9.84 Å². The summed E-state index contributed by atoms with van der Waals surface area (Å²) in [5.41, 5.74) is 0.874. The lowest BCUT2D eigenvalue weighted by atomic mass is 10.2. The Morgan fingerprint density at radius 1 is 1.19 bits per heavy atom. The third-order valence-corrected chi connectivity index (χ3v) is 6.16. The van der Waals surface area contributed by atoms with E-state index in [4.69, 9.17) is 20.8 Å². The van der Waals surface area contributed by atoms with Gasteiger partial charge in [0.15, 0.2) is 21.5 Å². The average molecular weight is 477 g/mol. The minimum atomic E-state index is -3.28. The second-order valence-corrected chi connectivity index (χ2v) is 9.84. The van der Waals surface area contributed by atoms with Crippen molar-refractivity contribution in [3.63, 3.8) is 0 Å². The van der Waals surface area contributed by atoms with Crippen LogP contribution in [0, 0.1) is 0 Å². The van der Waals surface area contributed by atoms with Crippen molar-refractivity contribution in [1.82, 2.24) is 9.88 Å². The minimum Gasteiger partial charge on any atom is -0.493 e. The third kappa shape index (κ3) is 6.83. The van der Waals surface area contributed by atoms with Crippen LogP contribution in [-0.4, -0.2) is 50.7 Å². The molecule has 1 amide bonds. The fourth-order valence-corrected chi connectivity index (χ4v) is 3.77. The number of carbonyl (C=O) groups excluding carboxylic acids is 1. The minimum absolute atomic E-state index is 0.0182. The van der Waals surface area contributed by atoms with Crippen LogP contribution in [0.5, 0.6) is 5.75 Å². The van der Waals surface area contributed by atoms with E-state index in [0.29, 0.717) is 48.4 Å². The molecule has 0 radical (unpaired) electrons. The van der Waals surface area contributed by atoms with Crippen LogP contribution in [0.25, 0.3) is 11.3 Å². The molecule has 0 N–H and O–H groups in total. The summed E-state index contributed by atoms with van der Waals surface area (Å²) in [6, 6.07) is 13.6. The standard InChI is InChI=1S/C23H25ClN2O5S/c1-26(13-4-14-30-19-5-3-6-20(15-19)32(2,28)29)23(27)12-11-22-25-16-21(31-22)17-7-9-18(24)10-8-17/h3,5-10,15-16H,4,11-14H2,1-2H3. The third-order valence-electron chi connectivity index (χ3n) is 4.80. The average Bonchev–Trinajstić information content (AvgIpc) is 3.24. The van der Waals surface area contributed by atoms with Crippen LogP contribution < -0.4 is 4.74 Å². The predicted molar refractivity (Wildman–Crippen MR) is 123 cm³/mol. The number of halogens is 1. The van der Waals surface area contributed by atoms with Crippen molar-refractivity contribution in [2.24, 2.45) is 0 Å². The fourth-order valence-electron chi connectivity index (χ4n) is 2.99. The SMILES string of the molecule is CN(CCCOc1cccc(S(C)(=O)=O)c1)C(=O)CCc1ncc(-c2ccc(Cl)cc2)o1. The Hall–Kier alpha value is -2.84. The summed E-state index contributed by atoms with van der Waals surface area (Å²) < 4.78 is 34.6. The van der Waals surface area contributed by atoms with Crippen molar-refractivity contribution in [3.8, 4) is 17.1 Å². The summed E-state index contributed by atoms with van der Waals surface area (Å²) in [6.45, 7) is 0.890. The first-order valence-corrected chi connectivity index (χ1v) is 12.4. The maximum atomic E-state index is 12.4. The zero-order valence-corrected chi connectivity index (χ0v) is 19.5. The number of ether oxygens (including phenoxy) is 1. The van der Waals surface area contributed by atoms with E-state index in [2.05, 4.69) is 4.98 Å². The van der Waals surface area contributed by atoms with Crippen molar-refractivity contribution in [2.45, 2.75) is 24.2 Å². The van der Waals surface area contributed by atoms with Gasteiger partial charge in [-0.3, -0.25) is 4.79 Å². The number of hydrogen-bond acceptors (Lipinski definition) is 6. The van der Waals surface area contributed by atoms with Gasteiger partial charge in [-0.25, -0.2) is 13.4 Å². The monoisotopic (exact) mass is 476 g/mol. The van der Waals surface area contributed by atoms with E-state index in [1.165, 1.54) is 12.1 Å². The number of carbonyl (C=O) groups is 1. The van der Waals surface area contributed by atoms with E-state index in [1.54, 1.807) is 42.4 Å². The lowest BCUT2D eigenvalue weighted by Gasteiger charge is -2.17. The van der Waals surface area contributed by atoms with Gasteiger partial charge in [-0.05, 0) is 48.9 Å². The number of aryl methyl sites for hydroxylation is 1. The molecule has 9 heteroatoms. The molecule has 0 aliphatic carbocycles. The van der Waals surface area contributed by atoms with Crippen molar-refractivity contribution in [3.05, 3.63) is 65.6 Å². The smallest absolute Gasteiger partial charge is 0.222 e. The number of hydrogen-bond donors (Lipinski definition) is 0. The first kappa shape index (κ1) is 23.8. The highest BCUT2D eigenvalue weighted by molar-refractivity contribution is 7.90. The molecule has 0 unspecified atom stereocenters. The second kappa shape index (κ2) is 10.7. The molecule has 1 heterocycles. The molecular formula is C23H25ClN2O5S. The van der Waals surface area contributed by atoms with Gasteiger partial charge in [-0.2, -0.15) is 0 Å². The molecule has 0 aliphatic heterocycles. The number of rotatable bonds is 10. The molecule has 0 saturated heterocycles. The van der Waals surface area contributed by atoms with Gasteiger partial charge < -0.3 is 14.1 Å². The van der Waals surface area contributed by atoms with E-state index >= 15 is 0 Å². The largest absolute Gasteiger partial charge is 0.493 e. The maximum Gasteiger partial charge on any atom is 0.222 e. The Labute approximate surface area is 192 Å². The number of sulfone groups is 1. The van der Waals surface area contributed by atoms with Crippen LogP contribution in [0.2, 0.25) is 5.02 Å². The summed E-state index contributed by atoms with van der Waals surface area (Å²) in [5, 5.41) is 0.648. The van der Waals surface area contributed by atoms with Crippen molar-refractivity contribution < 1.29 is 22.4 Å². The second-order valence-electron chi connectivity index (χ2n) is 7.39. The molecule has 3 rings (SSSR count). The van der Waals surface area contributed by atoms with Gasteiger partial charge in [-0.1, -0.05) is 17.7 Å².